The number of halogens is 1. The fourth-order valence-corrected chi connectivity index (χ4v) is 2.97. The summed E-state index contributed by atoms with van der Waals surface area (Å²) in [6.07, 6.45) is 3.37. The minimum Gasteiger partial charge on any atom is -0.355 e. The van der Waals surface area contributed by atoms with Crippen molar-refractivity contribution in [1.29, 1.82) is 0 Å². The normalized spacial score (nSPS) is 15.4. The van der Waals surface area contributed by atoms with E-state index in [1.165, 1.54) is 12.1 Å². The molecule has 1 aliphatic rings. The maximum Gasteiger partial charge on any atom is 0.254 e. The molecule has 0 saturated carbocycles. The molecule has 1 aliphatic heterocycles. The van der Waals surface area contributed by atoms with Gasteiger partial charge in [-0.05, 0) is 38.8 Å². The molecule has 0 unspecified atom stereocenters. The minimum absolute atomic E-state index is 0.0476. The third-order valence-electron chi connectivity index (χ3n) is 4.30. The summed E-state index contributed by atoms with van der Waals surface area (Å²) < 4.78 is 13.7. The summed E-state index contributed by atoms with van der Waals surface area (Å²) in [4.78, 5) is 23.3. The number of piperidine rings is 1. The average Bonchev–Trinajstić information content (AvgIpc) is 2.58. The molecule has 5 nitrogen and oxygen atoms in total. The minimum atomic E-state index is -0.488. The monoisotopic (exact) mass is 328 g/mol. The van der Waals surface area contributed by atoms with Gasteiger partial charge in [0.05, 0.1) is 17.0 Å². The number of aromatic nitrogens is 2. The number of amides is 1. The predicted molar refractivity (Wildman–Crippen MR) is 90.6 cm³/mol. The van der Waals surface area contributed by atoms with Crippen LogP contribution in [0.5, 0.6) is 0 Å². The van der Waals surface area contributed by atoms with Crippen LogP contribution in [0, 0.1) is 19.7 Å². The average molecular weight is 328 g/mol. The van der Waals surface area contributed by atoms with Crippen LogP contribution in [0.2, 0.25) is 0 Å². The number of rotatable bonds is 3. The van der Waals surface area contributed by atoms with Crippen molar-refractivity contribution in [2.24, 2.45) is 0 Å². The highest BCUT2D eigenvalue weighted by Gasteiger charge is 2.24. The van der Waals surface area contributed by atoms with Gasteiger partial charge in [-0.2, -0.15) is 0 Å². The fraction of sp³-hybridized carbons (Fsp3) is 0.389. The summed E-state index contributed by atoms with van der Waals surface area (Å²) in [5.74, 6) is 0.0741. The molecule has 0 spiro atoms. The van der Waals surface area contributed by atoms with Crippen molar-refractivity contribution >= 4 is 11.7 Å². The number of carbonyl (C=O) groups excluding carboxylic acids is 1. The first kappa shape index (κ1) is 16.4. The Kier molecular flexibility index (Phi) is 4.74. The number of anilines is 1. The first-order valence-electron chi connectivity index (χ1n) is 8.15. The molecule has 0 radical (unpaired) electrons. The van der Waals surface area contributed by atoms with Crippen LogP contribution < -0.4 is 10.2 Å². The van der Waals surface area contributed by atoms with Crippen molar-refractivity contribution in [2.75, 3.05) is 18.0 Å². The van der Waals surface area contributed by atoms with Crippen molar-refractivity contribution < 1.29 is 9.18 Å². The number of nitrogens with zero attached hydrogens (tertiary/aromatic N) is 3. The zero-order chi connectivity index (χ0) is 17.1. The molecule has 0 atom stereocenters. The maximum atomic E-state index is 13.7. The highest BCUT2D eigenvalue weighted by molar-refractivity contribution is 5.94. The third-order valence-corrected chi connectivity index (χ3v) is 4.30. The zero-order valence-electron chi connectivity index (χ0n) is 13.9. The lowest BCUT2D eigenvalue weighted by Gasteiger charge is -2.33. The molecule has 1 fully saturated rings. The largest absolute Gasteiger partial charge is 0.355 e. The second-order valence-corrected chi connectivity index (χ2v) is 6.14. The predicted octanol–water partition coefficient (Wildman–Crippen LogP) is 2.63. The van der Waals surface area contributed by atoms with E-state index in [9.17, 15) is 9.18 Å². The molecule has 24 heavy (non-hydrogen) atoms. The lowest BCUT2D eigenvalue weighted by molar-refractivity contribution is 0.0927. The molecule has 6 heteroatoms. The smallest absolute Gasteiger partial charge is 0.254 e. The van der Waals surface area contributed by atoms with Crippen LogP contribution in [0.1, 0.15) is 34.6 Å². The van der Waals surface area contributed by atoms with Crippen molar-refractivity contribution in [2.45, 2.75) is 32.7 Å². The highest BCUT2D eigenvalue weighted by Crippen LogP contribution is 2.21. The van der Waals surface area contributed by atoms with E-state index in [-0.39, 0.29) is 17.5 Å². The Morgan fingerprint density at radius 2 is 1.96 bits per heavy atom. The van der Waals surface area contributed by atoms with Gasteiger partial charge in [-0.25, -0.2) is 9.37 Å². The molecule has 2 aromatic rings. The molecule has 1 aromatic carbocycles. The summed E-state index contributed by atoms with van der Waals surface area (Å²) >= 11 is 0. The van der Waals surface area contributed by atoms with E-state index in [0.717, 1.165) is 43.1 Å². The summed E-state index contributed by atoms with van der Waals surface area (Å²) in [6, 6.07) is 6.10. The van der Waals surface area contributed by atoms with Gasteiger partial charge in [-0.3, -0.25) is 9.78 Å². The SMILES string of the molecule is Cc1cnc(C)c(N2CCC(NC(=O)c3ccccc3F)CC2)n1. The molecular formula is C18H21FN4O. The number of aryl methyl sites for hydroxylation is 2. The van der Waals surface area contributed by atoms with Gasteiger partial charge in [0.15, 0.2) is 0 Å². The van der Waals surface area contributed by atoms with Crippen molar-refractivity contribution in [3.05, 3.63) is 53.2 Å². The first-order valence-corrected chi connectivity index (χ1v) is 8.15. The maximum absolute atomic E-state index is 13.7. The van der Waals surface area contributed by atoms with Gasteiger partial charge in [-0.15, -0.1) is 0 Å². The van der Waals surface area contributed by atoms with Gasteiger partial charge in [0, 0.05) is 25.3 Å². The second kappa shape index (κ2) is 6.95. The number of benzene rings is 1. The Morgan fingerprint density at radius 3 is 2.67 bits per heavy atom. The quantitative estimate of drug-likeness (QED) is 0.941. The van der Waals surface area contributed by atoms with Crippen molar-refractivity contribution in [3.63, 3.8) is 0 Å². The highest BCUT2D eigenvalue weighted by atomic mass is 19.1. The number of hydrogen-bond acceptors (Lipinski definition) is 4. The van der Waals surface area contributed by atoms with E-state index in [0.29, 0.717) is 0 Å². The van der Waals surface area contributed by atoms with Crippen LogP contribution in [0.4, 0.5) is 10.2 Å². The molecule has 1 N–H and O–H groups in total. The summed E-state index contributed by atoms with van der Waals surface area (Å²) in [5.41, 5.74) is 1.90. The Labute approximate surface area is 140 Å². The van der Waals surface area contributed by atoms with Gasteiger partial charge >= 0.3 is 0 Å². The van der Waals surface area contributed by atoms with Gasteiger partial charge in [0.25, 0.3) is 5.91 Å². The summed E-state index contributed by atoms with van der Waals surface area (Å²) in [5, 5.41) is 2.93. The van der Waals surface area contributed by atoms with E-state index in [1.54, 1.807) is 18.3 Å². The van der Waals surface area contributed by atoms with Gasteiger partial charge < -0.3 is 10.2 Å². The van der Waals surface area contributed by atoms with Crippen LogP contribution in [0.15, 0.2) is 30.5 Å². The summed E-state index contributed by atoms with van der Waals surface area (Å²) in [6.45, 7) is 5.47. The topological polar surface area (TPSA) is 58.1 Å². The molecule has 1 amide bonds. The lowest BCUT2D eigenvalue weighted by Crippen LogP contribution is -2.45. The summed E-state index contributed by atoms with van der Waals surface area (Å²) in [7, 11) is 0. The van der Waals surface area contributed by atoms with E-state index < -0.39 is 5.82 Å². The molecule has 3 rings (SSSR count). The van der Waals surface area contributed by atoms with Crippen LogP contribution >= 0.6 is 0 Å². The van der Waals surface area contributed by atoms with E-state index >= 15 is 0 Å². The Bertz CT molecular complexity index is 742. The molecular weight excluding hydrogens is 307 g/mol. The van der Waals surface area contributed by atoms with E-state index in [2.05, 4.69) is 20.2 Å². The van der Waals surface area contributed by atoms with Crippen LogP contribution in [0.25, 0.3) is 0 Å². The Hall–Kier alpha value is -2.50. The fourth-order valence-electron chi connectivity index (χ4n) is 2.97. The van der Waals surface area contributed by atoms with Crippen LogP contribution in [-0.2, 0) is 0 Å². The molecule has 126 valence electrons. The van der Waals surface area contributed by atoms with Crippen molar-refractivity contribution in [3.8, 4) is 0 Å². The van der Waals surface area contributed by atoms with Gasteiger partial charge in [-0.1, -0.05) is 12.1 Å². The zero-order valence-corrected chi connectivity index (χ0v) is 13.9. The molecule has 2 heterocycles. The van der Waals surface area contributed by atoms with E-state index in [1.807, 2.05) is 13.8 Å². The van der Waals surface area contributed by atoms with Gasteiger partial charge in [0.2, 0.25) is 0 Å². The Morgan fingerprint density at radius 1 is 1.25 bits per heavy atom. The Balaban J connectivity index is 1.60. The standard InChI is InChI=1S/C18H21FN4O/c1-12-11-20-13(2)17(21-12)23-9-7-14(8-10-23)22-18(24)15-5-3-4-6-16(15)19/h3-6,11,14H,7-10H2,1-2H3,(H,22,24). The number of carbonyl (C=O) groups is 1. The number of hydrogen-bond donors (Lipinski definition) is 1. The van der Waals surface area contributed by atoms with Crippen LogP contribution in [-0.4, -0.2) is 35.0 Å². The third kappa shape index (κ3) is 3.53. The number of nitrogens with one attached hydrogen (secondary N) is 1. The van der Waals surface area contributed by atoms with Crippen LogP contribution in [0.3, 0.4) is 0 Å². The lowest BCUT2D eigenvalue weighted by atomic mass is 10.0. The molecule has 1 aromatic heterocycles. The molecule has 0 aliphatic carbocycles. The second-order valence-electron chi connectivity index (χ2n) is 6.14. The van der Waals surface area contributed by atoms with E-state index in [4.69, 9.17) is 0 Å². The van der Waals surface area contributed by atoms with Crippen molar-refractivity contribution in [1.82, 2.24) is 15.3 Å². The molecule has 1 saturated heterocycles. The first-order chi connectivity index (χ1) is 11.5. The van der Waals surface area contributed by atoms with Gasteiger partial charge in [0.1, 0.15) is 11.6 Å². The molecule has 0 bridgehead atoms.